The van der Waals surface area contributed by atoms with Gasteiger partial charge in [-0.3, -0.25) is 0 Å². The molecule has 0 aliphatic carbocycles. The van der Waals surface area contributed by atoms with Crippen LogP contribution in [0.5, 0.6) is 0 Å². The van der Waals surface area contributed by atoms with Crippen molar-refractivity contribution in [3.05, 3.63) is 59.2 Å². The molecule has 0 bridgehead atoms. The minimum Gasteiger partial charge on any atom is -0.239 e. The summed E-state index contributed by atoms with van der Waals surface area (Å²) in [5.74, 6) is 0.601. The average Bonchev–Trinajstić information content (AvgIpc) is 3.23. The van der Waals surface area contributed by atoms with Crippen LogP contribution in [-0.4, -0.2) is 24.5 Å². The molecule has 0 saturated carbocycles. The van der Waals surface area contributed by atoms with Crippen molar-refractivity contribution < 1.29 is 4.39 Å². The number of rotatable bonds is 2. The van der Waals surface area contributed by atoms with E-state index in [1.807, 2.05) is 43.3 Å². The summed E-state index contributed by atoms with van der Waals surface area (Å²) in [6.45, 7) is 1.81. The zero-order valence-electron chi connectivity index (χ0n) is 12.4. The molecule has 6 nitrogen and oxygen atoms in total. The first-order valence-corrected chi connectivity index (χ1v) is 7.30. The molecule has 114 valence electrons. The number of nitriles is 1. The Morgan fingerprint density at radius 3 is 2.74 bits per heavy atom. The Labute approximate surface area is 131 Å². The Hall–Kier alpha value is -3.01. The maximum atomic E-state index is 14.3. The van der Waals surface area contributed by atoms with Gasteiger partial charge in [0.05, 0.1) is 6.04 Å². The SMILES string of the molecule is Cc1cc(C#N)nn1-c1nc2n(n1)[C@H](c1ccccc1)C[C@@H]2F. The van der Waals surface area contributed by atoms with Crippen LogP contribution in [0.2, 0.25) is 0 Å². The standard InChI is InChI=1S/C16H13FN6/c1-10-7-12(9-18)20-22(10)16-19-15-13(17)8-14(23(15)21-16)11-5-3-2-4-6-11/h2-7,13-14H,8H2,1H3/t13-,14-/m0/s1. The van der Waals surface area contributed by atoms with Crippen molar-refractivity contribution in [2.45, 2.75) is 25.6 Å². The van der Waals surface area contributed by atoms with Crippen molar-refractivity contribution in [2.24, 2.45) is 0 Å². The van der Waals surface area contributed by atoms with Gasteiger partial charge in [0.25, 0.3) is 5.95 Å². The first-order valence-electron chi connectivity index (χ1n) is 7.30. The summed E-state index contributed by atoms with van der Waals surface area (Å²) in [5, 5.41) is 17.5. The Bertz CT molecular complexity index is 905. The quantitative estimate of drug-likeness (QED) is 0.729. The van der Waals surface area contributed by atoms with E-state index in [0.717, 1.165) is 11.3 Å². The Morgan fingerprint density at radius 1 is 1.26 bits per heavy atom. The minimum absolute atomic E-state index is 0.172. The molecule has 3 heterocycles. The number of nitrogens with zero attached hydrogens (tertiary/aromatic N) is 6. The lowest BCUT2D eigenvalue weighted by Gasteiger charge is -2.11. The van der Waals surface area contributed by atoms with Gasteiger partial charge < -0.3 is 0 Å². The molecule has 0 amide bonds. The summed E-state index contributed by atoms with van der Waals surface area (Å²) in [5.41, 5.74) is 2.02. The second-order valence-electron chi connectivity index (χ2n) is 5.54. The zero-order valence-corrected chi connectivity index (χ0v) is 12.4. The highest BCUT2D eigenvalue weighted by molar-refractivity contribution is 5.29. The lowest BCUT2D eigenvalue weighted by Crippen LogP contribution is -2.09. The summed E-state index contributed by atoms with van der Waals surface area (Å²) < 4.78 is 17.4. The lowest BCUT2D eigenvalue weighted by molar-refractivity contribution is 0.328. The highest BCUT2D eigenvalue weighted by atomic mass is 19.1. The summed E-state index contributed by atoms with van der Waals surface area (Å²) in [6.07, 6.45) is -0.825. The lowest BCUT2D eigenvalue weighted by atomic mass is 10.0. The van der Waals surface area contributed by atoms with Gasteiger partial charge >= 0.3 is 0 Å². The fraction of sp³-hybridized carbons (Fsp3) is 0.250. The molecule has 0 N–H and O–H groups in total. The number of hydrogen-bond acceptors (Lipinski definition) is 4. The van der Waals surface area contributed by atoms with Crippen molar-refractivity contribution in [1.29, 1.82) is 5.26 Å². The summed E-state index contributed by atoms with van der Waals surface area (Å²) in [7, 11) is 0. The largest absolute Gasteiger partial charge is 0.270 e. The Balaban J connectivity index is 1.79. The summed E-state index contributed by atoms with van der Waals surface area (Å²) >= 11 is 0. The number of aryl methyl sites for hydroxylation is 1. The topological polar surface area (TPSA) is 72.3 Å². The molecule has 2 aromatic heterocycles. The number of benzene rings is 1. The van der Waals surface area contributed by atoms with Crippen molar-refractivity contribution in [1.82, 2.24) is 24.5 Å². The van der Waals surface area contributed by atoms with Crippen LogP contribution in [-0.2, 0) is 0 Å². The average molecular weight is 308 g/mol. The third-order valence-electron chi connectivity index (χ3n) is 4.03. The van der Waals surface area contributed by atoms with E-state index < -0.39 is 6.17 Å². The van der Waals surface area contributed by atoms with Crippen molar-refractivity contribution >= 4 is 0 Å². The van der Waals surface area contributed by atoms with Crippen molar-refractivity contribution in [2.75, 3.05) is 0 Å². The van der Waals surface area contributed by atoms with E-state index in [-0.39, 0.29) is 11.7 Å². The maximum absolute atomic E-state index is 14.3. The molecule has 7 heteroatoms. The number of hydrogen-bond donors (Lipinski definition) is 0. The van der Waals surface area contributed by atoms with Gasteiger partial charge in [0.15, 0.2) is 17.7 Å². The molecule has 1 aliphatic rings. The highest BCUT2D eigenvalue weighted by Gasteiger charge is 2.35. The molecule has 4 rings (SSSR count). The van der Waals surface area contributed by atoms with Crippen molar-refractivity contribution in [3.63, 3.8) is 0 Å². The number of halogens is 1. The fourth-order valence-electron chi connectivity index (χ4n) is 2.94. The fourth-order valence-corrected chi connectivity index (χ4v) is 2.94. The Kier molecular flexibility index (Phi) is 2.98. The number of fused-ring (bicyclic) bond motifs is 1. The normalized spacial score (nSPS) is 19.5. The van der Waals surface area contributed by atoms with Crippen LogP contribution in [0.25, 0.3) is 5.95 Å². The third-order valence-corrected chi connectivity index (χ3v) is 4.03. The zero-order chi connectivity index (χ0) is 16.0. The molecule has 3 aromatic rings. The van der Waals surface area contributed by atoms with Crippen LogP contribution in [0.1, 0.15) is 41.4 Å². The van der Waals surface area contributed by atoms with Gasteiger partial charge in [0.2, 0.25) is 0 Å². The molecule has 0 radical (unpaired) electrons. The van der Waals surface area contributed by atoms with Gasteiger partial charge in [-0.05, 0) is 18.6 Å². The van der Waals surface area contributed by atoms with E-state index in [4.69, 9.17) is 5.26 Å². The molecule has 0 saturated heterocycles. The second-order valence-corrected chi connectivity index (χ2v) is 5.54. The van der Waals surface area contributed by atoms with Crippen LogP contribution in [0.3, 0.4) is 0 Å². The smallest absolute Gasteiger partial charge is 0.239 e. The second kappa shape index (κ2) is 5.02. The predicted molar refractivity (Wildman–Crippen MR) is 79.6 cm³/mol. The molecular formula is C16H13FN6. The van der Waals surface area contributed by atoms with Gasteiger partial charge in [-0.1, -0.05) is 30.3 Å². The van der Waals surface area contributed by atoms with Crippen LogP contribution in [0.15, 0.2) is 36.4 Å². The molecule has 0 fully saturated rings. The van der Waals surface area contributed by atoms with E-state index >= 15 is 0 Å². The molecule has 1 aromatic carbocycles. The molecule has 23 heavy (non-hydrogen) atoms. The van der Waals surface area contributed by atoms with E-state index in [1.54, 1.807) is 10.7 Å². The van der Waals surface area contributed by atoms with Gasteiger partial charge in [0, 0.05) is 12.1 Å². The van der Waals surface area contributed by atoms with Gasteiger partial charge in [-0.25, -0.2) is 13.8 Å². The monoisotopic (exact) mass is 308 g/mol. The first-order chi connectivity index (χ1) is 11.2. The maximum Gasteiger partial charge on any atom is 0.270 e. The summed E-state index contributed by atoms with van der Waals surface area (Å²) in [4.78, 5) is 4.29. The van der Waals surface area contributed by atoms with E-state index in [2.05, 4.69) is 15.2 Å². The Morgan fingerprint density at radius 2 is 2.04 bits per heavy atom. The number of alkyl halides is 1. The van der Waals surface area contributed by atoms with Crippen LogP contribution in [0, 0.1) is 18.3 Å². The van der Waals surface area contributed by atoms with E-state index in [1.165, 1.54) is 4.68 Å². The van der Waals surface area contributed by atoms with Crippen LogP contribution >= 0.6 is 0 Å². The molecule has 0 spiro atoms. The molecule has 1 aliphatic heterocycles. The van der Waals surface area contributed by atoms with Gasteiger partial charge in [0.1, 0.15) is 6.07 Å². The van der Waals surface area contributed by atoms with Gasteiger partial charge in [-0.2, -0.15) is 15.3 Å². The molecule has 2 atom stereocenters. The van der Waals surface area contributed by atoms with Crippen LogP contribution < -0.4 is 0 Å². The van der Waals surface area contributed by atoms with Gasteiger partial charge in [-0.15, -0.1) is 5.10 Å². The molecular weight excluding hydrogens is 295 g/mol. The summed E-state index contributed by atoms with van der Waals surface area (Å²) in [6, 6.07) is 13.2. The van der Waals surface area contributed by atoms with E-state index in [0.29, 0.717) is 18.2 Å². The predicted octanol–water partition coefficient (Wildman–Crippen LogP) is 2.65. The third kappa shape index (κ3) is 2.11. The molecule has 0 unspecified atom stereocenters. The van der Waals surface area contributed by atoms with Crippen LogP contribution in [0.4, 0.5) is 4.39 Å². The highest BCUT2D eigenvalue weighted by Crippen LogP contribution is 2.39. The van der Waals surface area contributed by atoms with Crippen molar-refractivity contribution in [3.8, 4) is 12.0 Å². The number of aromatic nitrogens is 5. The first kappa shape index (κ1) is 13.6. The van der Waals surface area contributed by atoms with E-state index in [9.17, 15) is 4.39 Å². The minimum atomic E-state index is -1.16.